The number of rotatable bonds is 3. The highest BCUT2D eigenvalue weighted by Gasteiger charge is 2.14. The quantitative estimate of drug-likeness (QED) is 0.791. The summed E-state index contributed by atoms with van der Waals surface area (Å²) in [5.74, 6) is 0.907. The molecule has 2 N–H and O–H groups in total. The van der Waals surface area contributed by atoms with Crippen LogP contribution < -0.4 is 5.32 Å². The van der Waals surface area contributed by atoms with Crippen molar-refractivity contribution < 1.29 is 0 Å². The van der Waals surface area contributed by atoms with Gasteiger partial charge in [0.15, 0.2) is 0 Å². The van der Waals surface area contributed by atoms with Gasteiger partial charge in [-0.05, 0) is 25.1 Å². The molecule has 0 saturated carbocycles. The molecule has 0 aliphatic carbocycles. The Hall–Kier alpha value is -1.68. The lowest BCUT2D eigenvalue weighted by Gasteiger charge is -2.13. The van der Waals surface area contributed by atoms with E-state index in [1.54, 1.807) is 6.20 Å². The molecule has 0 saturated heterocycles. The summed E-state index contributed by atoms with van der Waals surface area (Å²) in [5.41, 5.74) is 2.27. The van der Waals surface area contributed by atoms with E-state index in [1.807, 2.05) is 32.6 Å². The molecule has 78 valence electrons. The number of nitrogens with zero attached hydrogens (tertiary/aromatic N) is 2. The SMILES string of the molecule is CNC(c1cncc(C)c1)c1ncc[nH]1. The first kappa shape index (κ1) is 9.86. The predicted octanol–water partition coefficient (Wildman–Crippen LogP) is 1.42. The van der Waals surface area contributed by atoms with Crippen molar-refractivity contribution >= 4 is 0 Å². The highest BCUT2D eigenvalue weighted by Crippen LogP contribution is 2.17. The summed E-state index contributed by atoms with van der Waals surface area (Å²) in [6.45, 7) is 2.03. The van der Waals surface area contributed by atoms with Gasteiger partial charge in [-0.1, -0.05) is 6.07 Å². The van der Waals surface area contributed by atoms with Crippen LogP contribution in [0.2, 0.25) is 0 Å². The van der Waals surface area contributed by atoms with E-state index in [9.17, 15) is 0 Å². The van der Waals surface area contributed by atoms with Gasteiger partial charge >= 0.3 is 0 Å². The standard InChI is InChI=1S/C11H14N4/c1-8-5-9(7-13-6-8)10(12-2)11-14-3-4-15-11/h3-7,10,12H,1-2H3,(H,14,15). The molecule has 2 rings (SSSR count). The third-order valence-electron chi connectivity index (χ3n) is 2.31. The fourth-order valence-corrected chi connectivity index (χ4v) is 1.63. The second-order valence-corrected chi connectivity index (χ2v) is 3.49. The molecule has 0 aliphatic rings. The van der Waals surface area contributed by atoms with Crippen LogP contribution in [0, 0.1) is 6.92 Å². The number of H-pyrrole nitrogens is 1. The fourth-order valence-electron chi connectivity index (χ4n) is 1.63. The normalized spacial score (nSPS) is 12.7. The largest absolute Gasteiger partial charge is 0.347 e. The molecule has 2 aromatic rings. The molecule has 4 nitrogen and oxygen atoms in total. The number of nitrogens with one attached hydrogen (secondary N) is 2. The lowest BCUT2D eigenvalue weighted by atomic mass is 10.1. The molecule has 2 heterocycles. The first-order chi connectivity index (χ1) is 7.31. The van der Waals surface area contributed by atoms with Crippen molar-refractivity contribution in [1.82, 2.24) is 20.3 Å². The number of pyridine rings is 1. The summed E-state index contributed by atoms with van der Waals surface area (Å²) in [6, 6.07) is 2.18. The van der Waals surface area contributed by atoms with Crippen LogP contribution in [0.3, 0.4) is 0 Å². The summed E-state index contributed by atoms with van der Waals surface area (Å²) in [5, 5.41) is 3.21. The van der Waals surface area contributed by atoms with Crippen LogP contribution in [0.1, 0.15) is 23.0 Å². The third-order valence-corrected chi connectivity index (χ3v) is 2.31. The van der Waals surface area contributed by atoms with Gasteiger partial charge in [-0.15, -0.1) is 0 Å². The summed E-state index contributed by atoms with van der Waals surface area (Å²) >= 11 is 0. The van der Waals surface area contributed by atoms with E-state index in [0.717, 1.165) is 17.0 Å². The molecule has 0 radical (unpaired) electrons. The maximum Gasteiger partial charge on any atom is 0.127 e. The molecule has 0 amide bonds. The van der Waals surface area contributed by atoms with E-state index < -0.39 is 0 Å². The summed E-state index contributed by atoms with van der Waals surface area (Å²) in [6.07, 6.45) is 7.28. The zero-order valence-corrected chi connectivity index (χ0v) is 8.86. The molecule has 15 heavy (non-hydrogen) atoms. The van der Waals surface area contributed by atoms with E-state index in [4.69, 9.17) is 0 Å². The Kier molecular flexibility index (Phi) is 2.78. The molecular formula is C11H14N4. The van der Waals surface area contributed by atoms with E-state index >= 15 is 0 Å². The second-order valence-electron chi connectivity index (χ2n) is 3.49. The lowest BCUT2D eigenvalue weighted by molar-refractivity contribution is 0.652. The van der Waals surface area contributed by atoms with Gasteiger partial charge in [-0.2, -0.15) is 0 Å². The van der Waals surface area contributed by atoms with Crippen molar-refractivity contribution in [1.29, 1.82) is 0 Å². The van der Waals surface area contributed by atoms with Gasteiger partial charge in [-0.3, -0.25) is 4.98 Å². The van der Waals surface area contributed by atoms with Crippen molar-refractivity contribution in [2.24, 2.45) is 0 Å². The minimum Gasteiger partial charge on any atom is -0.347 e. The molecule has 4 heteroatoms. The first-order valence-corrected chi connectivity index (χ1v) is 4.89. The number of aryl methyl sites for hydroxylation is 1. The lowest BCUT2D eigenvalue weighted by Crippen LogP contribution is -2.19. The van der Waals surface area contributed by atoms with Crippen molar-refractivity contribution in [3.63, 3.8) is 0 Å². The molecule has 0 aliphatic heterocycles. The Morgan fingerprint density at radius 2 is 2.27 bits per heavy atom. The van der Waals surface area contributed by atoms with Crippen molar-refractivity contribution in [2.45, 2.75) is 13.0 Å². The van der Waals surface area contributed by atoms with Gasteiger partial charge in [-0.25, -0.2) is 4.98 Å². The number of hydrogen-bond donors (Lipinski definition) is 2. The third kappa shape index (κ3) is 2.05. The van der Waals surface area contributed by atoms with Gasteiger partial charge in [0.25, 0.3) is 0 Å². The minimum absolute atomic E-state index is 0.0763. The topological polar surface area (TPSA) is 53.6 Å². The molecule has 2 aromatic heterocycles. The first-order valence-electron chi connectivity index (χ1n) is 4.89. The van der Waals surface area contributed by atoms with Crippen LogP contribution in [0.5, 0.6) is 0 Å². The van der Waals surface area contributed by atoms with E-state index in [2.05, 4.69) is 26.3 Å². The maximum atomic E-state index is 4.25. The van der Waals surface area contributed by atoms with Crippen molar-refractivity contribution in [3.05, 3.63) is 47.8 Å². The second kappa shape index (κ2) is 4.23. The number of aromatic amines is 1. The number of hydrogen-bond acceptors (Lipinski definition) is 3. The molecule has 1 atom stereocenters. The minimum atomic E-state index is 0.0763. The van der Waals surface area contributed by atoms with Crippen LogP contribution in [0.25, 0.3) is 0 Å². The highest BCUT2D eigenvalue weighted by molar-refractivity contribution is 5.25. The average Bonchev–Trinajstić information content (AvgIpc) is 2.72. The van der Waals surface area contributed by atoms with Gasteiger partial charge < -0.3 is 10.3 Å². The molecule has 0 spiro atoms. The van der Waals surface area contributed by atoms with Crippen LogP contribution in [-0.4, -0.2) is 22.0 Å². The van der Waals surface area contributed by atoms with Crippen LogP contribution in [-0.2, 0) is 0 Å². The van der Waals surface area contributed by atoms with Crippen molar-refractivity contribution in [2.75, 3.05) is 7.05 Å². The number of aromatic nitrogens is 3. The van der Waals surface area contributed by atoms with Gasteiger partial charge in [0.1, 0.15) is 5.82 Å². The Labute approximate surface area is 88.8 Å². The highest BCUT2D eigenvalue weighted by atomic mass is 15.0. The Bertz CT molecular complexity index is 422. The summed E-state index contributed by atoms with van der Waals surface area (Å²) in [7, 11) is 1.91. The molecule has 1 unspecified atom stereocenters. The molecule has 0 aromatic carbocycles. The average molecular weight is 202 g/mol. The van der Waals surface area contributed by atoms with Crippen LogP contribution in [0.15, 0.2) is 30.9 Å². The van der Waals surface area contributed by atoms with E-state index in [0.29, 0.717) is 0 Å². The zero-order chi connectivity index (χ0) is 10.7. The number of imidazole rings is 1. The van der Waals surface area contributed by atoms with Crippen molar-refractivity contribution in [3.8, 4) is 0 Å². The van der Waals surface area contributed by atoms with E-state index in [-0.39, 0.29) is 6.04 Å². The molecular weight excluding hydrogens is 188 g/mol. The Morgan fingerprint density at radius 1 is 1.40 bits per heavy atom. The summed E-state index contributed by atoms with van der Waals surface area (Å²) in [4.78, 5) is 11.5. The zero-order valence-electron chi connectivity index (χ0n) is 8.86. The molecule has 0 fully saturated rings. The Balaban J connectivity index is 2.35. The Morgan fingerprint density at radius 3 is 2.87 bits per heavy atom. The van der Waals surface area contributed by atoms with Gasteiger partial charge in [0, 0.05) is 24.8 Å². The smallest absolute Gasteiger partial charge is 0.127 e. The van der Waals surface area contributed by atoms with Gasteiger partial charge in [0.2, 0.25) is 0 Å². The van der Waals surface area contributed by atoms with Crippen LogP contribution >= 0.6 is 0 Å². The summed E-state index contributed by atoms with van der Waals surface area (Å²) < 4.78 is 0. The monoisotopic (exact) mass is 202 g/mol. The maximum absolute atomic E-state index is 4.25. The fraction of sp³-hybridized carbons (Fsp3) is 0.273. The predicted molar refractivity (Wildman–Crippen MR) is 58.5 cm³/mol. The molecule has 0 bridgehead atoms. The van der Waals surface area contributed by atoms with Crippen LogP contribution in [0.4, 0.5) is 0 Å². The van der Waals surface area contributed by atoms with E-state index in [1.165, 1.54) is 0 Å². The van der Waals surface area contributed by atoms with Gasteiger partial charge in [0.05, 0.1) is 6.04 Å².